The third-order valence-corrected chi connectivity index (χ3v) is 28.0. The summed E-state index contributed by atoms with van der Waals surface area (Å²) in [5.41, 5.74) is 35.4. The molecule has 634 valence electrons. The minimum absolute atomic E-state index is 1.16. The van der Waals surface area contributed by atoms with Gasteiger partial charge in [-0.15, -0.1) is 0 Å². The van der Waals surface area contributed by atoms with Gasteiger partial charge in [-0.1, -0.05) is 370 Å². The summed E-state index contributed by atoms with van der Waals surface area (Å²) >= 11 is 0. The lowest BCUT2D eigenvalue weighted by molar-refractivity contribution is 1.17. The van der Waals surface area contributed by atoms with Crippen LogP contribution >= 0.6 is 0 Å². The van der Waals surface area contributed by atoms with Gasteiger partial charge in [-0.05, 0) is 191 Å². The van der Waals surface area contributed by atoms with E-state index in [0.29, 0.717) is 0 Å². The van der Waals surface area contributed by atoms with Gasteiger partial charge < -0.3 is 27.4 Å². The van der Waals surface area contributed by atoms with Crippen LogP contribution in [0.1, 0.15) is 16.7 Å². The fraction of sp³-hybridized carbons (Fsp3) is 0.0233. The average molecular weight is 1720 g/mol. The Balaban J connectivity index is 0.000000106. The molecule has 28 aromatic rings. The molecule has 0 aliphatic carbocycles. The first kappa shape index (κ1) is 78.5. The molecule has 0 amide bonds. The van der Waals surface area contributed by atoms with Gasteiger partial charge in [-0.2, -0.15) is 0 Å². The van der Waals surface area contributed by atoms with Gasteiger partial charge in [0.15, 0.2) is 0 Å². The number of hydrogen-bond acceptors (Lipinski definition) is 0. The van der Waals surface area contributed by atoms with E-state index in [1.807, 2.05) is 0 Å². The van der Waals surface area contributed by atoms with Crippen LogP contribution in [0.4, 0.5) is 0 Å². The molecule has 0 spiro atoms. The summed E-state index contributed by atoms with van der Waals surface area (Å²) in [6, 6.07) is 175. The van der Waals surface area contributed by atoms with Crippen molar-refractivity contribution in [3.8, 4) is 78.6 Å². The van der Waals surface area contributed by atoms with Crippen LogP contribution in [0.2, 0.25) is 0 Å². The number of aryl methyl sites for hydroxylation is 3. The lowest BCUT2D eigenvalue weighted by Gasteiger charge is -2.14. The summed E-state index contributed by atoms with van der Waals surface area (Å²) in [7, 11) is 0. The lowest BCUT2D eigenvalue weighted by Crippen LogP contribution is -1.97. The highest BCUT2D eigenvalue weighted by Gasteiger charge is 2.30. The maximum atomic E-state index is 2.49. The molecule has 28 rings (SSSR count). The minimum atomic E-state index is 1.16. The molecule has 0 bridgehead atoms. The number of rotatable bonds is 10. The fourth-order valence-electron chi connectivity index (χ4n) is 22.3. The molecule has 22 aromatic carbocycles. The summed E-state index contributed by atoms with van der Waals surface area (Å²) in [6.45, 7) is 6.52. The van der Waals surface area contributed by atoms with Crippen LogP contribution in [-0.4, -0.2) is 27.4 Å². The molecule has 0 fully saturated rings. The smallest absolute Gasteiger partial charge is 0.0627 e. The zero-order valence-corrected chi connectivity index (χ0v) is 74.8. The van der Waals surface area contributed by atoms with Crippen LogP contribution in [0.5, 0.6) is 0 Å². The molecular formula is C129H88N6. The maximum absolute atomic E-state index is 2.49. The predicted octanol–water partition coefficient (Wildman–Crippen LogP) is 34.7. The molecule has 6 heteroatoms. The number of benzene rings is 22. The Morgan fingerprint density at radius 1 is 0.119 bits per heavy atom. The van der Waals surface area contributed by atoms with E-state index >= 15 is 0 Å². The Hall–Kier alpha value is -17.6. The molecule has 0 unspecified atom stereocenters. The Labute approximate surface area is 780 Å². The van der Waals surface area contributed by atoms with E-state index in [1.165, 1.54) is 247 Å². The second-order valence-corrected chi connectivity index (χ2v) is 35.9. The van der Waals surface area contributed by atoms with Crippen molar-refractivity contribution in [2.75, 3.05) is 0 Å². The zero-order valence-electron chi connectivity index (χ0n) is 74.8. The molecule has 0 aliphatic rings. The van der Waals surface area contributed by atoms with Crippen molar-refractivity contribution < 1.29 is 0 Å². The monoisotopic (exact) mass is 1720 g/mol. The topological polar surface area (TPSA) is 29.6 Å². The van der Waals surface area contributed by atoms with Crippen molar-refractivity contribution in [2.45, 2.75) is 20.8 Å². The first-order chi connectivity index (χ1) is 66.8. The van der Waals surface area contributed by atoms with E-state index in [1.54, 1.807) is 0 Å². The Morgan fingerprint density at radius 3 is 0.533 bits per heavy atom. The largest absolute Gasteiger partial charge is 0.309 e. The summed E-state index contributed by atoms with van der Waals surface area (Å²) in [4.78, 5) is 0. The Morgan fingerprint density at radius 2 is 0.289 bits per heavy atom. The molecule has 0 N–H and O–H groups in total. The van der Waals surface area contributed by atoms with Gasteiger partial charge in [-0.25, -0.2) is 0 Å². The normalized spacial score (nSPS) is 11.8. The van der Waals surface area contributed by atoms with Gasteiger partial charge in [0.1, 0.15) is 0 Å². The van der Waals surface area contributed by atoms with Crippen LogP contribution in [0, 0.1) is 20.8 Å². The second kappa shape index (κ2) is 31.9. The van der Waals surface area contributed by atoms with Gasteiger partial charge in [0.05, 0.1) is 66.2 Å². The van der Waals surface area contributed by atoms with E-state index in [-0.39, 0.29) is 0 Å². The van der Waals surface area contributed by atoms with Crippen LogP contribution in [0.25, 0.3) is 242 Å². The van der Waals surface area contributed by atoms with E-state index < -0.39 is 0 Å². The molecule has 0 aliphatic heterocycles. The van der Waals surface area contributed by atoms with Crippen molar-refractivity contribution in [3.63, 3.8) is 0 Å². The predicted molar refractivity (Wildman–Crippen MR) is 574 cm³/mol. The third kappa shape index (κ3) is 12.6. The number of nitrogens with zero attached hydrogens (tertiary/aromatic N) is 6. The van der Waals surface area contributed by atoms with Crippen LogP contribution < -0.4 is 0 Å². The van der Waals surface area contributed by atoms with Crippen molar-refractivity contribution >= 4 is 163 Å². The Bertz CT molecular complexity index is 9630. The molecule has 135 heavy (non-hydrogen) atoms. The highest BCUT2D eigenvalue weighted by molar-refractivity contribution is 6.41. The molecule has 6 heterocycles. The van der Waals surface area contributed by atoms with Gasteiger partial charge in [0.25, 0.3) is 0 Å². The molecule has 6 aromatic heterocycles. The Kier molecular flexibility index (Phi) is 18.6. The van der Waals surface area contributed by atoms with Crippen molar-refractivity contribution in [1.82, 2.24) is 27.4 Å². The molecule has 0 atom stereocenters. The molecular weight excluding hydrogens is 1630 g/mol. The number of hydrogen-bond donors (Lipinski definition) is 0. The van der Waals surface area contributed by atoms with Gasteiger partial charge in [0, 0.05) is 131 Å². The van der Waals surface area contributed by atoms with Crippen molar-refractivity contribution in [2.24, 2.45) is 0 Å². The zero-order chi connectivity index (χ0) is 89.5. The number of aromatic nitrogens is 6. The molecule has 6 nitrogen and oxygen atoms in total. The summed E-state index contributed by atoms with van der Waals surface area (Å²) in [5, 5.41) is 23.0. The summed E-state index contributed by atoms with van der Waals surface area (Å²) in [5.74, 6) is 0. The van der Waals surface area contributed by atoms with Crippen LogP contribution in [-0.2, 0) is 0 Å². The average Bonchev–Trinajstić information content (AvgIpc) is 1.53. The van der Waals surface area contributed by atoms with Crippen LogP contribution in [0.15, 0.2) is 479 Å². The highest BCUT2D eigenvalue weighted by Crippen LogP contribution is 2.52. The lowest BCUT2D eigenvalue weighted by atomic mass is 9.99. The fourth-order valence-corrected chi connectivity index (χ4v) is 22.3. The van der Waals surface area contributed by atoms with Crippen LogP contribution in [0.3, 0.4) is 0 Å². The minimum Gasteiger partial charge on any atom is -0.309 e. The standard InChI is InChI=1S/C47H32N2.2C41H28N2/c1-31-13-11-17-36(29-31)48-42-23-9-7-21-40(42)44-45-41-22-8-10-24-43(41)49(47(45)39-20-6-5-19-38(39)46(44)48)37-18-12-16-35(30-37)34-27-25-33(26-28-34)32-14-3-2-4-15-32;1-27-13-11-17-30(25-27)42-36-23-9-7-21-34(36)38-39-35-22-8-10-24-37(35)43(41(39)33-20-6-5-19-32(33)40(38)42)31-18-12-16-29(26-31)28-14-3-2-4-15-28;1-27-12-11-15-31(26-27)43-37-21-10-8-19-35(37)39-38-34-18-7-9-20-36(34)42(40(38)32-16-5-6-17-33(32)41(39)43)30-24-22-29(23-25-30)28-13-3-2-4-14-28/h2-30H,1H3;2*2-26H,1H3. The van der Waals surface area contributed by atoms with E-state index in [4.69, 9.17) is 0 Å². The maximum Gasteiger partial charge on any atom is 0.0627 e. The second-order valence-electron chi connectivity index (χ2n) is 35.9. The van der Waals surface area contributed by atoms with E-state index in [2.05, 4.69) is 527 Å². The quantitative estimate of drug-likeness (QED) is 0.131. The first-order valence-corrected chi connectivity index (χ1v) is 46.7. The number of para-hydroxylation sites is 6. The molecule has 0 radical (unpaired) electrons. The van der Waals surface area contributed by atoms with Crippen molar-refractivity contribution in [3.05, 3.63) is 496 Å². The van der Waals surface area contributed by atoms with Gasteiger partial charge >= 0.3 is 0 Å². The van der Waals surface area contributed by atoms with Gasteiger partial charge in [-0.3, -0.25) is 0 Å². The molecule has 0 saturated carbocycles. The van der Waals surface area contributed by atoms with Crippen molar-refractivity contribution in [1.29, 1.82) is 0 Å². The van der Waals surface area contributed by atoms with E-state index in [0.717, 1.165) is 11.4 Å². The first-order valence-electron chi connectivity index (χ1n) is 46.7. The SMILES string of the molecule is Cc1cccc(-n2c3ccccc3c3c4c5ccccc5n(-c5ccc(-c6ccccc6)cc5)c4c4ccccc4c32)c1.Cc1cccc(-n2c3ccccc3c3c4c5ccccc5n(-c5cccc(-c6ccc(-c7ccccc7)cc6)c5)c4c4ccccc4c32)c1.Cc1cccc(-n2c3ccccc3c3c4c5ccccc5n(-c5cccc(-c6ccccc6)c5)c4c4ccccc4c32)c1. The molecule has 0 saturated heterocycles. The van der Waals surface area contributed by atoms with E-state index in [9.17, 15) is 0 Å². The third-order valence-electron chi connectivity index (χ3n) is 28.0. The van der Waals surface area contributed by atoms with Gasteiger partial charge in [0.2, 0.25) is 0 Å². The summed E-state index contributed by atoms with van der Waals surface area (Å²) in [6.07, 6.45) is 0. The highest BCUT2D eigenvalue weighted by atomic mass is 15.0. The summed E-state index contributed by atoms with van der Waals surface area (Å²) < 4.78 is 14.9. The number of fused-ring (bicyclic) bond motifs is 30.